The predicted molar refractivity (Wildman–Crippen MR) is 106 cm³/mol. The molecular weight excluding hydrogens is 394 g/mol. The van der Waals surface area contributed by atoms with Crippen molar-refractivity contribution in [2.45, 2.75) is 38.8 Å². The van der Waals surface area contributed by atoms with Gasteiger partial charge in [-0.05, 0) is 52.9 Å². The van der Waals surface area contributed by atoms with E-state index >= 15 is 0 Å². The number of ether oxygens (including phenoxy) is 2. The van der Waals surface area contributed by atoms with Crippen molar-refractivity contribution < 1.29 is 14.3 Å². The van der Waals surface area contributed by atoms with E-state index in [1.54, 1.807) is 13.2 Å². The third-order valence-electron chi connectivity index (χ3n) is 4.37. The van der Waals surface area contributed by atoms with E-state index in [9.17, 15) is 4.79 Å². The summed E-state index contributed by atoms with van der Waals surface area (Å²) in [6, 6.07) is 14.0. The van der Waals surface area contributed by atoms with Crippen molar-refractivity contribution in [3.63, 3.8) is 0 Å². The van der Waals surface area contributed by atoms with Crippen LogP contribution in [0.1, 0.15) is 42.1 Å². The number of methoxy groups -OCH3 is 1. The molecule has 2 aromatic carbocycles. The zero-order chi connectivity index (χ0) is 18.5. The van der Waals surface area contributed by atoms with Crippen LogP contribution in [0.5, 0.6) is 11.5 Å². The number of carbonyl (C=O) groups is 1. The van der Waals surface area contributed by atoms with E-state index in [4.69, 9.17) is 9.47 Å². The molecule has 0 N–H and O–H groups in total. The lowest BCUT2D eigenvalue weighted by Gasteiger charge is -2.23. The van der Waals surface area contributed by atoms with Gasteiger partial charge in [0.1, 0.15) is 0 Å². The Balaban J connectivity index is 1.86. The van der Waals surface area contributed by atoms with Gasteiger partial charge in [0.25, 0.3) is 5.91 Å². The molecule has 2 aromatic rings. The number of amides is 1. The van der Waals surface area contributed by atoms with Crippen LogP contribution in [0.15, 0.2) is 46.9 Å². The zero-order valence-corrected chi connectivity index (χ0v) is 16.8. The second-order valence-electron chi connectivity index (χ2n) is 6.49. The van der Waals surface area contributed by atoms with E-state index in [1.165, 1.54) is 0 Å². The normalized spacial score (nSPS) is 13.3. The van der Waals surface area contributed by atoms with Crippen LogP contribution in [0.4, 0.5) is 0 Å². The number of carbonyl (C=O) groups excluding carboxylic acids is 1. The smallest absolute Gasteiger partial charge is 0.254 e. The highest BCUT2D eigenvalue weighted by Crippen LogP contribution is 2.38. The van der Waals surface area contributed by atoms with Crippen LogP contribution in [-0.4, -0.2) is 30.6 Å². The highest BCUT2D eigenvalue weighted by molar-refractivity contribution is 9.10. The average molecular weight is 418 g/mol. The van der Waals surface area contributed by atoms with Gasteiger partial charge in [-0.3, -0.25) is 4.79 Å². The monoisotopic (exact) mass is 417 g/mol. The van der Waals surface area contributed by atoms with Gasteiger partial charge in [-0.15, -0.1) is 0 Å². The van der Waals surface area contributed by atoms with E-state index in [1.807, 2.05) is 29.2 Å². The van der Waals surface area contributed by atoms with Gasteiger partial charge in [0.05, 0.1) is 18.2 Å². The third-order valence-corrected chi connectivity index (χ3v) is 4.96. The highest BCUT2D eigenvalue weighted by atomic mass is 79.9. The Hall–Kier alpha value is -2.01. The molecule has 1 amide bonds. The summed E-state index contributed by atoms with van der Waals surface area (Å²) in [7, 11) is 1.59. The van der Waals surface area contributed by atoms with E-state index in [0.29, 0.717) is 36.3 Å². The van der Waals surface area contributed by atoms with Crippen LogP contribution in [0.25, 0.3) is 0 Å². The summed E-state index contributed by atoms with van der Waals surface area (Å²) in [5.41, 5.74) is 1.75. The fraction of sp³-hybridized carbons (Fsp3) is 0.381. The van der Waals surface area contributed by atoms with Crippen LogP contribution in [0.3, 0.4) is 0 Å². The Morgan fingerprint density at radius 2 is 1.96 bits per heavy atom. The van der Waals surface area contributed by atoms with Crippen LogP contribution >= 0.6 is 15.9 Å². The van der Waals surface area contributed by atoms with E-state index in [0.717, 1.165) is 29.3 Å². The Bertz CT molecular complexity index is 759. The van der Waals surface area contributed by atoms with Crippen molar-refractivity contribution in [2.24, 2.45) is 0 Å². The first-order valence-corrected chi connectivity index (χ1v) is 9.78. The SMILES string of the molecule is CCCOc1c(Br)cc(C(=O)N(Cc2ccccc2)C2CC2)cc1OC. The second-order valence-corrected chi connectivity index (χ2v) is 7.34. The van der Waals surface area contributed by atoms with E-state index in [-0.39, 0.29) is 5.91 Å². The van der Waals surface area contributed by atoms with Gasteiger partial charge in [-0.2, -0.15) is 0 Å². The van der Waals surface area contributed by atoms with Crippen molar-refractivity contribution in [1.82, 2.24) is 4.90 Å². The number of hydrogen-bond donors (Lipinski definition) is 0. The summed E-state index contributed by atoms with van der Waals surface area (Å²) in [6.45, 7) is 3.28. The van der Waals surface area contributed by atoms with Gasteiger partial charge in [0.15, 0.2) is 11.5 Å². The first-order chi connectivity index (χ1) is 12.6. The molecule has 0 saturated heterocycles. The first kappa shape index (κ1) is 18.8. The minimum absolute atomic E-state index is 0.0254. The van der Waals surface area contributed by atoms with Gasteiger partial charge in [-0.1, -0.05) is 37.3 Å². The minimum Gasteiger partial charge on any atom is -0.493 e. The number of benzene rings is 2. The molecule has 1 saturated carbocycles. The molecule has 0 aliphatic heterocycles. The molecule has 0 atom stereocenters. The number of rotatable bonds is 8. The highest BCUT2D eigenvalue weighted by Gasteiger charge is 2.33. The standard InChI is InChI=1S/C21H24BrNO3/c1-3-11-26-20-18(22)12-16(13-19(20)25-2)21(24)23(17-9-10-17)14-15-7-5-4-6-8-15/h4-8,12-13,17H,3,9-11,14H2,1-2H3. The van der Waals surface area contributed by atoms with Crippen LogP contribution in [0, 0.1) is 0 Å². The van der Waals surface area contributed by atoms with Gasteiger partial charge in [-0.25, -0.2) is 0 Å². The molecule has 0 aromatic heterocycles. The quantitative estimate of drug-likeness (QED) is 0.602. The summed E-state index contributed by atoms with van der Waals surface area (Å²) in [5.74, 6) is 1.25. The first-order valence-electron chi connectivity index (χ1n) is 8.99. The van der Waals surface area contributed by atoms with Gasteiger partial charge in [0, 0.05) is 18.2 Å². The van der Waals surface area contributed by atoms with Crippen molar-refractivity contribution in [2.75, 3.05) is 13.7 Å². The van der Waals surface area contributed by atoms with E-state index in [2.05, 4.69) is 35.0 Å². The number of hydrogen-bond acceptors (Lipinski definition) is 3. The number of halogens is 1. The van der Waals surface area contributed by atoms with Crippen LogP contribution < -0.4 is 9.47 Å². The van der Waals surface area contributed by atoms with Crippen molar-refractivity contribution in [1.29, 1.82) is 0 Å². The largest absolute Gasteiger partial charge is 0.493 e. The lowest BCUT2D eigenvalue weighted by molar-refractivity contribution is 0.0729. The average Bonchev–Trinajstić information content (AvgIpc) is 3.50. The molecule has 0 heterocycles. The summed E-state index contributed by atoms with van der Waals surface area (Å²) >= 11 is 3.53. The fourth-order valence-electron chi connectivity index (χ4n) is 2.89. The molecule has 138 valence electrons. The third kappa shape index (κ3) is 4.39. The van der Waals surface area contributed by atoms with Crippen molar-refractivity contribution >= 4 is 21.8 Å². The van der Waals surface area contributed by atoms with E-state index < -0.39 is 0 Å². The summed E-state index contributed by atoms with van der Waals surface area (Å²) in [4.78, 5) is 15.1. The van der Waals surface area contributed by atoms with Gasteiger partial charge < -0.3 is 14.4 Å². The van der Waals surface area contributed by atoms with Crippen LogP contribution in [0.2, 0.25) is 0 Å². The van der Waals surface area contributed by atoms with Crippen LogP contribution in [-0.2, 0) is 6.54 Å². The maximum atomic E-state index is 13.2. The molecular formula is C21H24BrNO3. The molecule has 1 fully saturated rings. The lowest BCUT2D eigenvalue weighted by Crippen LogP contribution is -2.32. The Labute approximate surface area is 163 Å². The molecule has 1 aliphatic rings. The zero-order valence-electron chi connectivity index (χ0n) is 15.2. The van der Waals surface area contributed by atoms with Gasteiger partial charge in [0.2, 0.25) is 0 Å². The molecule has 0 bridgehead atoms. The fourth-order valence-corrected chi connectivity index (χ4v) is 3.44. The molecule has 26 heavy (non-hydrogen) atoms. The molecule has 5 heteroatoms. The molecule has 4 nitrogen and oxygen atoms in total. The molecule has 0 unspecified atom stereocenters. The van der Waals surface area contributed by atoms with Gasteiger partial charge >= 0.3 is 0 Å². The lowest BCUT2D eigenvalue weighted by atomic mass is 10.1. The Morgan fingerprint density at radius 1 is 1.23 bits per heavy atom. The molecule has 1 aliphatic carbocycles. The Kier molecular flexibility index (Phi) is 6.20. The van der Waals surface area contributed by atoms with Crippen molar-refractivity contribution in [3.8, 4) is 11.5 Å². The molecule has 3 rings (SSSR count). The summed E-state index contributed by atoms with van der Waals surface area (Å²) in [5, 5.41) is 0. The Morgan fingerprint density at radius 3 is 2.58 bits per heavy atom. The van der Waals surface area contributed by atoms with Crippen molar-refractivity contribution in [3.05, 3.63) is 58.1 Å². The maximum absolute atomic E-state index is 13.2. The summed E-state index contributed by atoms with van der Waals surface area (Å²) < 4.78 is 12.0. The molecule has 0 spiro atoms. The predicted octanol–water partition coefficient (Wildman–Crippen LogP) is 5.05. The maximum Gasteiger partial charge on any atom is 0.254 e. The molecule has 0 radical (unpaired) electrons. The second kappa shape index (κ2) is 8.58. The summed E-state index contributed by atoms with van der Waals surface area (Å²) in [6.07, 6.45) is 3.03. The minimum atomic E-state index is 0.0254. The number of nitrogens with zero attached hydrogens (tertiary/aromatic N) is 1. The topological polar surface area (TPSA) is 38.8 Å².